The van der Waals surface area contributed by atoms with Gasteiger partial charge in [-0.1, -0.05) is 12.1 Å². The van der Waals surface area contributed by atoms with Gasteiger partial charge in [-0.3, -0.25) is 4.79 Å². The molecule has 0 saturated carbocycles. The number of carbonyl (C=O) groups excluding carboxylic acids is 1. The molecule has 0 aromatic heterocycles. The van der Waals surface area contributed by atoms with Crippen molar-refractivity contribution in [2.45, 2.75) is 24.0 Å². The maximum Gasteiger partial charge on any atom is 0.416 e. The largest absolute Gasteiger partial charge is 0.416 e. The number of alkyl halides is 3. The average molecular weight is 457 g/mol. The van der Waals surface area contributed by atoms with Gasteiger partial charge in [0.2, 0.25) is 15.9 Å². The molecule has 2 aromatic rings. The molecule has 168 valence electrons. The van der Waals surface area contributed by atoms with Crippen LogP contribution in [0.15, 0.2) is 53.4 Å². The first-order valence-electron chi connectivity index (χ1n) is 9.50. The first kappa shape index (κ1) is 23.0. The van der Waals surface area contributed by atoms with Gasteiger partial charge in [-0.15, -0.1) is 0 Å². The van der Waals surface area contributed by atoms with Crippen LogP contribution in [-0.2, 0) is 25.7 Å². The first-order valence-corrected chi connectivity index (χ1v) is 10.9. The highest BCUT2D eigenvalue weighted by atomic mass is 32.2. The second-order valence-corrected chi connectivity index (χ2v) is 8.92. The molecule has 7 nitrogen and oxygen atoms in total. The van der Waals surface area contributed by atoms with Crippen LogP contribution in [0.2, 0.25) is 0 Å². The summed E-state index contributed by atoms with van der Waals surface area (Å²) in [5, 5.41) is 5.31. The van der Waals surface area contributed by atoms with E-state index in [1.165, 1.54) is 47.6 Å². The van der Waals surface area contributed by atoms with E-state index >= 15 is 0 Å². The van der Waals surface area contributed by atoms with Gasteiger partial charge >= 0.3 is 6.18 Å². The van der Waals surface area contributed by atoms with Gasteiger partial charge in [0.1, 0.15) is 6.04 Å². The van der Waals surface area contributed by atoms with E-state index in [1.807, 2.05) is 0 Å². The highest BCUT2D eigenvalue weighted by molar-refractivity contribution is 7.89. The van der Waals surface area contributed by atoms with Crippen molar-refractivity contribution in [2.75, 3.05) is 36.9 Å². The minimum atomic E-state index is -4.49. The summed E-state index contributed by atoms with van der Waals surface area (Å²) < 4.78 is 70.6. The molecular formula is C20H22F3N3O4S. The number of sulfonamides is 1. The lowest BCUT2D eigenvalue weighted by Gasteiger charge is -2.26. The summed E-state index contributed by atoms with van der Waals surface area (Å²) >= 11 is 0. The molecule has 3 rings (SSSR count). The Bertz CT molecular complexity index is 1040. The molecule has 0 spiro atoms. The van der Waals surface area contributed by atoms with Crippen molar-refractivity contribution in [1.29, 1.82) is 0 Å². The van der Waals surface area contributed by atoms with E-state index in [0.29, 0.717) is 13.2 Å². The number of hydrogen-bond donors (Lipinski definition) is 2. The summed E-state index contributed by atoms with van der Waals surface area (Å²) in [6.07, 6.45) is -4.49. The molecule has 1 fully saturated rings. The van der Waals surface area contributed by atoms with E-state index in [-0.39, 0.29) is 29.4 Å². The lowest BCUT2D eigenvalue weighted by Crippen LogP contribution is -2.40. The maximum atomic E-state index is 12.9. The molecule has 0 aliphatic carbocycles. The van der Waals surface area contributed by atoms with E-state index in [0.717, 1.165) is 12.1 Å². The van der Waals surface area contributed by atoms with Crippen molar-refractivity contribution in [3.63, 3.8) is 0 Å². The molecule has 1 saturated heterocycles. The van der Waals surface area contributed by atoms with Gasteiger partial charge in [0.05, 0.1) is 23.7 Å². The Morgan fingerprint density at radius 3 is 2.39 bits per heavy atom. The molecule has 0 radical (unpaired) electrons. The van der Waals surface area contributed by atoms with E-state index in [9.17, 15) is 26.4 Å². The number of anilines is 2. The Balaban J connectivity index is 1.68. The van der Waals surface area contributed by atoms with Crippen molar-refractivity contribution in [2.24, 2.45) is 0 Å². The number of benzene rings is 2. The second-order valence-electron chi connectivity index (χ2n) is 6.98. The molecule has 2 N–H and O–H groups in total. The number of carbonyl (C=O) groups is 1. The third kappa shape index (κ3) is 5.75. The van der Waals surface area contributed by atoms with Crippen LogP contribution in [0.3, 0.4) is 0 Å². The van der Waals surface area contributed by atoms with E-state index in [4.69, 9.17) is 4.74 Å². The van der Waals surface area contributed by atoms with Crippen molar-refractivity contribution >= 4 is 27.3 Å². The normalized spacial score (nSPS) is 16.5. The van der Waals surface area contributed by atoms with Crippen LogP contribution in [0.25, 0.3) is 0 Å². The number of halogens is 3. The quantitative estimate of drug-likeness (QED) is 0.696. The number of hydrogen-bond acceptors (Lipinski definition) is 5. The summed E-state index contributed by atoms with van der Waals surface area (Å²) in [6, 6.07) is 9.48. The van der Waals surface area contributed by atoms with Crippen LogP contribution < -0.4 is 10.6 Å². The smallest absolute Gasteiger partial charge is 0.379 e. The molecule has 31 heavy (non-hydrogen) atoms. The minimum Gasteiger partial charge on any atom is -0.379 e. The lowest BCUT2D eigenvalue weighted by atomic mass is 10.1. The number of amides is 1. The zero-order chi connectivity index (χ0) is 22.6. The highest BCUT2D eigenvalue weighted by Crippen LogP contribution is 2.30. The van der Waals surface area contributed by atoms with Crippen LogP contribution in [0, 0.1) is 0 Å². The fourth-order valence-corrected chi connectivity index (χ4v) is 4.48. The molecule has 1 aliphatic rings. The SMILES string of the molecule is CC(Nc1cccc(C(F)(F)F)c1)C(=O)Nc1cccc(S(=O)(=O)N2CCOCC2)c1. The molecule has 1 amide bonds. The Hall–Kier alpha value is -2.63. The monoisotopic (exact) mass is 457 g/mol. The Morgan fingerprint density at radius 1 is 1.06 bits per heavy atom. The number of nitrogens with one attached hydrogen (secondary N) is 2. The number of ether oxygens (including phenoxy) is 1. The summed E-state index contributed by atoms with van der Waals surface area (Å²) in [5.41, 5.74) is -0.427. The standard InChI is InChI=1S/C20H22F3N3O4S/c1-14(24-16-5-2-4-15(12-16)20(21,22)23)19(27)25-17-6-3-7-18(13-17)31(28,29)26-8-10-30-11-9-26/h2-7,12-14,24H,8-11H2,1H3,(H,25,27). The fourth-order valence-electron chi connectivity index (χ4n) is 3.02. The Morgan fingerprint density at radius 2 is 1.71 bits per heavy atom. The molecule has 11 heteroatoms. The highest BCUT2D eigenvalue weighted by Gasteiger charge is 2.30. The summed E-state index contributed by atoms with van der Waals surface area (Å²) in [6.45, 7) is 2.61. The predicted octanol–water partition coefficient (Wildman–Crippen LogP) is 3.17. The maximum absolute atomic E-state index is 12.9. The summed E-state index contributed by atoms with van der Waals surface area (Å²) in [5.74, 6) is -0.529. The van der Waals surface area contributed by atoms with Gasteiger partial charge in [0.25, 0.3) is 0 Å². The van der Waals surface area contributed by atoms with Crippen LogP contribution in [0.4, 0.5) is 24.5 Å². The molecule has 1 atom stereocenters. The zero-order valence-electron chi connectivity index (χ0n) is 16.6. The molecular weight excluding hydrogens is 435 g/mol. The van der Waals surface area contributed by atoms with Crippen molar-refractivity contribution < 1.29 is 31.1 Å². The van der Waals surface area contributed by atoms with Crippen molar-refractivity contribution in [3.05, 3.63) is 54.1 Å². The molecule has 1 heterocycles. The average Bonchev–Trinajstić information content (AvgIpc) is 2.74. The van der Waals surface area contributed by atoms with Crippen LogP contribution in [0.1, 0.15) is 12.5 Å². The second kappa shape index (κ2) is 9.25. The Labute approximate surface area is 178 Å². The third-order valence-corrected chi connectivity index (χ3v) is 6.57. The van der Waals surface area contributed by atoms with E-state index in [2.05, 4.69) is 10.6 Å². The zero-order valence-corrected chi connectivity index (χ0v) is 17.5. The summed E-state index contributed by atoms with van der Waals surface area (Å²) in [7, 11) is -3.73. The van der Waals surface area contributed by atoms with Crippen LogP contribution >= 0.6 is 0 Å². The topological polar surface area (TPSA) is 87.7 Å². The van der Waals surface area contributed by atoms with Gasteiger partial charge in [-0.2, -0.15) is 17.5 Å². The predicted molar refractivity (Wildman–Crippen MR) is 109 cm³/mol. The fraction of sp³-hybridized carbons (Fsp3) is 0.350. The molecule has 1 unspecified atom stereocenters. The van der Waals surface area contributed by atoms with Crippen LogP contribution in [-0.4, -0.2) is 51.0 Å². The number of morpholine rings is 1. The number of nitrogens with zero attached hydrogens (tertiary/aromatic N) is 1. The summed E-state index contributed by atoms with van der Waals surface area (Å²) in [4.78, 5) is 12.5. The molecule has 0 bridgehead atoms. The van der Waals surface area contributed by atoms with Gasteiger partial charge in [-0.25, -0.2) is 8.42 Å². The number of rotatable bonds is 6. The van der Waals surface area contributed by atoms with Gasteiger partial charge < -0.3 is 15.4 Å². The minimum absolute atomic E-state index is 0.0330. The van der Waals surface area contributed by atoms with Crippen molar-refractivity contribution in [3.8, 4) is 0 Å². The van der Waals surface area contributed by atoms with Gasteiger partial charge in [0, 0.05) is 24.5 Å². The van der Waals surface area contributed by atoms with E-state index < -0.39 is 33.7 Å². The first-order chi connectivity index (χ1) is 14.6. The van der Waals surface area contributed by atoms with Crippen molar-refractivity contribution in [1.82, 2.24) is 4.31 Å². The van der Waals surface area contributed by atoms with E-state index in [1.54, 1.807) is 0 Å². The van der Waals surface area contributed by atoms with Gasteiger partial charge in [-0.05, 0) is 43.3 Å². The molecule has 1 aliphatic heterocycles. The lowest BCUT2D eigenvalue weighted by molar-refractivity contribution is -0.137. The Kier molecular flexibility index (Phi) is 6.87. The van der Waals surface area contributed by atoms with Crippen LogP contribution in [0.5, 0.6) is 0 Å². The molecule has 2 aromatic carbocycles. The van der Waals surface area contributed by atoms with Gasteiger partial charge in [0.15, 0.2) is 0 Å². The third-order valence-electron chi connectivity index (χ3n) is 4.68.